The Morgan fingerprint density at radius 3 is 2.42 bits per heavy atom. The SMILES string of the molecule is CC(=O)N1CCN(CC(=O)N(Cc2ccco2)CC(F)(F)F)CC1. The van der Waals surface area contributed by atoms with Crippen molar-refractivity contribution in [1.29, 1.82) is 0 Å². The zero-order chi connectivity index (χ0) is 17.7. The molecule has 0 aliphatic carbocycles. The first kappa shape index (κ1) is 18.3. The number of alkyl halides is 3. The largest absolute Gasteiger partial charge is 0.467 e. The van der Waals surface area contributed by atoms with Gasteiger partial charge in [-0.25, -0.2) is 0 Å². The third kappa shape index (κ3) is 5.55. The van der Waals surface area contributed by atoms with Crippen LogP contribution in [-0.2, 0) is 16.1 Å². The lowest BCUT2D eigenvalue weighted by atomic mass is 10.3. The number of amides is 2. The Kier molecular flexibility index (Phi) is 5.87. The van der Waals surface area contributed by atoms with Crippen molar-refractivity contribution in [3.8, 4) is 0 Å². The fourth-order valence-electron chi connectivity index (χ4n) is 2.55. The first-order valence-electron chi connectivity index (χ1n) is 7.59. The van der Waals surface area contributed by atoms with Crippen molar-refractivity contribution in [1.82, 2.24) is 14.7 Å². The molecule has 1 saturated heterocycles. The quantitative estimate of drug-likeness (QED) is 0.807. The van der Waals surface area contributed by atoms with Gasteiger partial charge in [-0.1, -0.05) is 0 Å². The van der Waals surface area contributed by atoms with Gasteiger partial charge >= 0.3 is 6.18 Å². The minimum atomic E-state index is -4.48. The van der Waals surface area contributed by atoms with Crippen LogP contribution in [0.25, 0.3) is 0 Å². The van der Waals surface area contributed by atoms with Gasteiger partial charge in [-0.3, -0.25) is 14.5 Å². The summed E-state index contributed by atoms with van der Waals surface area (Å²) in [6, 6.07) is 3.09. The topological polar surface area (TPSA) is 57.0 Å². The molecule has 9 heteroatoms. The zero-order valence-corrected chi connectivity index (χ0v) is 13.4. The Balaban J connectivity index is 1.93. The van der Waals surface area contributed by atoms with Gasteiger partial charge in [-0.2, -0.15) is 13.2 Å². The van der Waals surface area contributed by atoms with Crippen LogP contribution in [-0.4, -0.2) is 72.0 Å². The molecule has 0 saturated carbocycles. The van der Waals surface area contributed by atoms with E-state index < -0.39 is 18.6 Å². The molecule has 2 amide bonds. The summed E-state index contributed by atoms with van der Waals surface area (Å²) < 4.78 is 43.2. The number of nitrogens with zero attached hydrogens (tertiary/aromatic N) is 3. The molecule has 0 aromatic carbocycles. The normalized spacial score (nSPS) is 16.2. The van der Waals surface area contributed by atoms with E-state index in [4.69, 9.17) is 4.42 Å². The number of hydrogen-bond donors (Lipinski definition) is 0. The van der Waals surface area contributed by atoms with Gasteiger partial charge in [-0.05, 0) is 12.1 Å². The van der Waals surface area contributed by atoms with Crippen molar-refractivity contribution >= 4 is 11.8 Å². The van der Waals surface area contributed by atoms with E-state index in [1.165, 1.54) is 19.3 Å². The van der Waals surface area contributed by atoms with Crippen LogP contribution in [0.2, 0.25) is 0 Å². The van der Waals surface area contributed by atoms with Gasteiger partial charge < -0.3 is 14.2 Å². The maximum Gasteiger partial charge on any atom is 0.406 e. The van der Waals surface area contributed by atoms with E-state index in [2.05, 4.69) is 0 Å². The molecule has 1 aliphatic rings. The summed E-state index contributed by atoms with van der Waals surface area (Å²) in [5, 5.41) is 0. The van der Waals surface area contributed by atoms with Crippen molar-refractivity contribution in [2.45, 2.75) is 19.6 Å². The lowest BCUT2D eigenvalue weighted by Crippen LogP contribution is -2.51. The second-order valence-corrected chi connectivity index (χ2v) is 5.73. The molecule has 1 fully saturated rings. The van der Waals surface area contributed by atoms with Crippen LogP contribution in [0.4, 0.5) is 13.2 Å². The highest BCUT2D eigenvalue weighted by molar-refractivity contribution is 5.78. The van der Waals surface area contributed by atoms with Crippen molar-refractivity contribution < 1.29 is 27.2 Å². The minimum Gasteiger partial charge on any atom is -0.467 e. The summed E-state index contributed by atoms with van der Waals surface area (Å²) in [7, 11) is 0. The first-order valence-corrected chi connectivity index (χ1v) is 7.59. The highest BCUT2D eigenvalue weighted by atomic mass is 19.4. The number of carbonyl (C=O) groups excluding carboxylic acids is 2. The van der Waals surface area contributed by atoms with Crippen LogP contribution in [0.1, 0.15) is 12.7 Å². The molecule has 134 valence electrons. The predicted molar refractivity (Wildman–Crippen MR) is 78.9 cm³/mol. The summed E-state index contributed by atoms with van der Waals surface area (Å²) in [5.74, 6) is -0.355. The molecule has 0 radical (unpaired) electrons. The lowest BCUT2D eigenvalue weighted by molar-refractivity contribution is -0.163. The molecular formula is C15H20F3N3O3. The van der Waals surface area contributed by atoms with E-state index in [0.29, 0.717) is 31.9 Å². The molecule has 24 heavy (non-hydrogen) atoms. The lowest BCUT2D eigenvalue weighted by Gasteiger charge is -2.35. The zero-order valence-electron chi connectivity index (χ0n) is 13.4. The maximum absolute atomic E-state index is 12.7. The second kappa shape index (κ2) is 7.69. The summed E-state index contributed by atoms with van der Waals surface area (Å²) in [4.78, 5) is 27.7. The van der Waals surface area contributed by atoms with E-state index in [0.717, 1.165) is 4.90 Å². The summed E-state index contributed by atoms with van der Waals surface area (Å²) in [5.41, 5.74) is 0. The molecule has 1 aliphatic heterocycles. The number of piperazine rings is 1. The Morgan fingerprint density at radius 1 is 1.25 bits per heavy atom. The van der Waals surface area contributed by atoms with Crippen molar-refractivity contribution in [2.75, 3.05) is 39.3 Å². The van der Waals surface area contributed by atoms with E-state index in [1.807, 2.05) is 0 Å². The average molecular weight is 347 g/mol. The number of furan rings is 1. The molecule has 0 atom stereocenters. The highest BCUT2D eigenvalue weighted by Gasteiger charge is 2.34. The van der Waals surface area contributed by atoms with Crippen LogP contribution in [0.3, 0.4) is 0 Å². The molecule has 0 N–H and O–H groups in total. The van der Waals surface area contributed by atoms with Gasteiger partial charge in [0.15, 0.2) is 0 Å². The maximum atomic E-state index is 12.7. The van der Waals surface area contributed by atoms with Crippen molar-refractivity contribution in [3.05, 3.63) is 24.2 Å². The Labute approximate surface area is 137 Å². The predicted octanol–water partition coefficient (Wildman–Crippen LogP) is 1.33. The van der Waals surface area contributed by atoms with E-state index in [1.54, 1.807) is 15.9 Å². The molecule has 2 rings (SSSR count). The molecule has 2 heterocycles. The molecule has 1 aromatic rings. The van der Waals surface area contributed by atoms with Crippen molar-refractivity contribution in [2.24, 2.45) is 0 Å². The standard InChI is InChI=1S/C15H20F3N3O3/c1-12(22)20-6-4-19(5-7-20)10-14(23)21(11-15(16,17)18)9-13-3-2-8-24-13/h2-3,8H,4-7,9-11H2,1H3. The smallest absolute Gasteiger partial charge is 0.406 e. The second-order valence-electron chi connectivity index (χ2n) is 5.73. The Morgan fingerprint density at radius 2 is 1.92 bits per heavy atom. The number of carbonyl (C=O) groups is 2. The Hall–Kier alpha value is -2.03. The highest BCUT2D eigenvalue weighted by Crippen LogP contribution is 2.19. The number of halogens is 3. The Bertz CT molecular complexity index is 552. The summed E-state index contributed by atoms with van der Waals surface area (Å²) in [6.07, 6.45) is -3.12. The van der Waals surface area contributed by atoms with Gasteiger partial charge in [0, 0.05) is 33.1 Å². The van der Waals surface area contributed by atoms with Crippen LogP contribution in [0, 0.1) is 0 Å². The van der Waals surface area contributed by atoms with Gasteiger partial charge in [-0.15, -0.1) is 0 Å². The first-order chi connectivity index (χ1) is 11.2. The molecule has 0 spiro atoms. The van der Waals surface area contributed by atoms with Crippen LogP contribution in [0.5, 0.6) is 0 Å². The number of rotatable bonds is 5. The molecule has 0 unspecified atom stereocenters. The summed E-state index contributed by atoms with van der Waals surface area (Å²) >= 11 is 0. The van der Waals surface area contributed by atoms with Crippen LogP contribution in [0.15, 0.2) is 22.8 Å². The van der Waals surface area contributed by atoms with E-state index in [9.17, 15) is 22.8 Å². The molecule has 6 nitrogen and oxygen atoms in total. The van der Waals surface area contributed by atoms with Crippen molar-refractivity contribution in [3.63, 3.8) is 0 Å². The fourth-order valence-corrected chi connectivity index (χ4v) is 2.55. The number of hydrogen-bond acceptors (Lipinski definition) is 4. The van der Waals surface area contributed by atoms with Crippen LogP contribution >= 0.6 is 0 Å². The summed E-state index contributed by atoms with van der Waals surface area (Å²) in [6.45, 7) is 1.69. The van der Waals surface area contributed by atoms with Gasteiger partial charge in [0.2, 0.25) is 11.8 Å². The molecule has 0 bridgehead atoms. The van der Waals surface area contributed by atoms with E-state index >= 15 is 0 Å². The molecular weight excluding hydrogens is 327 g/mol. The fraction of sp³-hybridized carbons (Fsp3) is 0.600. The third-order valence-electron chi connectivity index (χ3n) is 3.83. The third-order valence-corrected chi connectivity index (χ3v) is 3.83. The molecule has 1 aromatic heterocycles. The monoisotopic (exact) mass is 347 g/mol. The van der Waals surface area contributed by atoms with E-state index in [-0.39, 0.29) is 19.0 Å². The van der Waals surface area contributed by atoms with Gasteiger partial charge in [0.05, 0.1) is 19.4 Å². The van der Waals surface area contributed by atoms with Crippen LogP contribution < -0.4 is 0 Å². The van der Waals surface area contributed by atoms with Gasteiger partial charge in [0.25, 0.3) is 0 Å². The minimum absolute atomic E-state index is 0.0440. The average Bonchev–Trinajstić information content (AvgIpc) is 2.98. The van der Waals surface area contributed by atoms with Gasteiger partial charge in [0.1, 0.15) is 12.3 Å².